The predicted molar refractivity (Wildman–Crippen MR) is 75.7 cm³/mol. The SMILES string of the molecule is CNc1ncccc1S(=O)(=O)Nc1cc(C)ccc1F. The van der Waals surface area contributed by atoms with Crippen LogP contribution < -0.4 is 10.0 Å². The van der Waals surface area contributed by atoms with Gasteiger partial charge in [-0.2, -0.15) is 0 Å². The Morgan fingerprint density at radius 2 is 2.00 bits per heavy atom. The van der Waals surface area contributed by atoms with Crippen LogP contribution in [0.3, 0.4) is 0 Å². The van der Waals surface area contributed by atoms with E-state index >= 15 is 0 Å². The maximum Gasteiger partial charge on any atom is 0.265 e. The fraction of sp³-hybridized carbons (Fsp3) is 0.154. The van der Waals surface area contributed by atoms with Crippen molar-refractivity contribution in [1.29, 1.82) is 0 Å². The van der Waals surface area contributed by atoms with Crippen molar-refractivity contribution >= 4 is 21.5 Å². The van der Waals surface area contributed by atoms with Gasteiger partial charge in [0.2, 0.25) is 0 Å². The van der Waals surface area contributed by atoms with Gasteiger partial charge in [0.25, 0.3) is 10.0 Å². The molecule has 0 aliphatic heterocycles. The quantitative estimate of drug-likeness (QED) is 0.908. The Hall–Kier alpha value is -2.15. The highest BCUT2D eigenvalue weighted by Crippen LogP contribution is 2.23. The number of nitrogens with zero attached hydrogens (tertiary/aromatic N) is 1. The van der Waals surface area contributed by atoms with E-state index in [1.807, 2.05) is 0 Å². The molecule has 2 N–H and O–H groups in total. The Bertz CT molecular complexity index is 732. The van der Waals surface area contributed by atoms with Gasteiger partial charge in [-0.15, -0.1) is 0 Å². The predicted octanol–water partition coefficient (Wildman–Crippen LogP) is 2.37. The number of aromatic nitrogens is 1. The lowest BCUT2D eigenvalue weighted by atomic mass is 10.2. The molecule has 0 aliphatic rings. The highest BCUT2D eigenvalue weighted by atomic mass is 32.2. The molecule has 0 saturated heterocycles. The molecule has 2 rings (SSSR count). The standard InChI is InChI=1S/C13H14FN3O2S/c1-9-5-6-10(14)11(8-9)17-20(18,19)12-4-3-7-16-13(12)15-2/h3-8,17H,1-2H3,(H,15,16). The molecular formula is C13H14FN3O2S. The van der Waals surface area contributed by atoms with Crippen LogP contribution in [0.5, 0.6) is 0 Å². The lowest BCUT2D eigenvalue weighted by Gasteiger charge is -2.12. The van der Waals surface area contributed by atoms with Gasteiger partial charge in [0.05, 0.1) is 5.69 Å². The van der Waals surface area contributed by atoms with Crippen LogP contribution in [-0.2, 0) is 10.0 Å². The molecule has 2 aromatic rings. The summed E-state index contributed by atoms with van der Waals surface area (Å²) in [4.78, 5) is 3.88. The number of pyridine rings is 1. The number of rotatable bonds is 4. The Kier molecular flexibility index (Phi) is 3.89. The van der Waals surface area contributed by atoms with E-state index in [-0.39, 0.29) is 16.4 Å². The summed E-state index contributed by atoms with van der Waals surface area (Å²) in [5.41, 5.74) is 0.667. The molecule has 0 aliphatic carbocycles. The number of sulfonamides is 1. The van der Waals surface area contributed by atoms with Crippen LogP contribution in [0, 0.1) is 12.7 Å². The lowest BCUT2D eigenvalue weighted by Crippen LogP contribution is -2.16. The first-order valence-electron chi connectivity index (χ1n) is 5.86. The van der Waals surface area contributed by atoms with Gasteiger partial charge in [0.1, 0.15) is 16.5 Å². The third kappa shape index (κ3) is 2.88. The van der Waals surface area contributed by atoms with Crippen LogP contribution in [-0.4, -0.2) is 20.4 Å². The largest absolute Gasteiger partial charge is 0.372 e. The van der Waals surface area contributed by atoms with Gasteiger partial charge in [-0.1, -0.05) is 6.07 Å². The van der Waals surface area contributed by atoms with Gasteiger partial charge in [0, 0.05) is 13.2 Å². The molecule has 0 amide bonds. The van der Waals surface area contributed by atoms with Crippen molar-refractivity contribution in [3.05, 3.63) is 47.9 Å². The van der Waals surface area contributed by atoms with E-state index in [0.717, 1.165) is 5.56 Å². The number of nitrogens with one attached hydrogen (secondary N) is 2. The fourth-order valence-electron chi connectivity index (χ4n) is 1.71. The molecule has 106 valence electrons. The normalized spacial score (nSPS) is 11.2. The number of hydrogen-bond acceptors (Lipinski definition) is 4. The first-order chi connectivity index (χ1) is 9.44. The number of aryl methyl sites for hydroxylation is 1. The number of halogens is 1. The van der Waals surface area contributed by atoms with Crippen LogP contribution in [0.25, 0.3) is 0 Å². The van der Waals surface area contributed by atoms with Gasteiger partial charge in [-0.3, -0.25) is 4.72 Å². The van der Waals surface area contributed by atoms with Gasteiger partial charge in [-0.25, -0.2) is 17.8 Å². The van der Waals surface area contributed by atoms with Crippen molar-refractivity contribution < 1.29 is 12.8 Å². The zero-order chi connectivity index (χ0) is 14.8. The van der Waals surface area contributed by atoms with Crippen molar-refractivity contribution in [2.45, 2.75) is 11.8 Å². The van der Waals surface area contributed by atoms with Crippen molar-refractivity contribution in [3.63, 3.8) is 0 Å². The minimum atomic E-state index is -3.91. The third-order valence-electron chi connectivity index (χ3n) is 2.66. The van der Waals surface area contributed by atoms with E-state index in [9.17, 15) is 12.8 Å². The topological polar surface area (TPSA) is 71.1 Å². The van der Waals surface area contributed by atoms with E-state index in [1.165, 1.54) is 30.5 Å². The molecule has 1 aromatic carbocycles. The third-order valence-corrected chi connectivity index (χ3v) is 4.06. The van der Waals surface area contributed by atoms with Crippen LogP contribution >= 0.6 is 0 Å². The molecule has 1 heterocycles. The molecule has 0 atom stereocenters. The van der Waals surface area contributed by atoms with Crippen LogP contribution in [0.4, 0.5) is 15.9 Å². The summed E-state index contributed by atoms with van der Waals surface area (Å²) in [6.07, 6.45) is 1.47. The second kappa shape index (κ2) is 5.46. The van der Waals surface area contributed by atoms with E-state index in [4.69, 9.17) is 0 Å². The smallest absolute Gasteiger partial charge is 0.265 e. The fourth-order valence-corrected chi connectivity index (χ4v) is 2.94. The zero-order valence-electron chi connectivity index (χ0n) is 11.0. The minimum absolute atomic E-state index is 0.0385. The van der Waals surface area contributed by atoms with Gasteiger partial charge in [0.15, 0.2) is 0 Å². The Morgan fingerprint density at radius 3 is 2.70 bits per heavy atom. The maximum absolute atomic E-state index is 13.6. The van der Waals surface area contributed by atoms with E-state index < -0.39 is 15.8 Å². The maximum atomic E-state index is 13.6. The van der Waals surface area contributed by atoms with E-state index in [1.54, 1.807) is 20.0 Å². The van der Waals surface area contributed by atoms with Crippen molar-refractivity contribution in [1.82, 2.24) is 4.98 Å². The average Bonchev–Trinajstić information content (AvgIpc) is 2.42. The van der Waals surface area contributed by atoms with Crippen LogP contribution in [0.1, 0.15) is 5.56 Å². The summed E-state index contributed by atoms with van der Waals surface area (Å²) in [5.74, 6) is -0.429. The molecule has 0 fully saturated rings. The molecule has 0 saturated carbocycles. The molecule has 20 heavy (non-hydrogen) atoms. The van der Waals surface area contributed by atoms with Gasteiger partial charge >= 0.3 is 0 Å². The Balaban J connectivity index is 2.43. The average molecular weight is 295 g/mol. The van der Waals surface area contributed by atoms with Crippen LogP contribution in [0.2, 0.25) is 0 Å². The van der Waals surface area contributed by atoms with E-state index in [2.05, 4.69) is 15.0 Å². The molecule has 0 spiro atoms. The second-order valence-electron chi connectivity index (χ2n) is 4.19. The second-order valence-corrected chi connectivity index (χ2v) is 5.84. The van der Waals surface area contributed by atoms with Crippen molar-refractivity contribution in [2.75, 3.05) is 17.1 Å². The van der Waals surface area contributed by atoms with Crippen molar-refractivity contribution in [2.24, 2.45) is 0 Å². The molecule has 0 unspecified atom stereocenters. The highest BCUT2D eigenvalue weighted by Gasteiger charge is 2.20. The molecular weight excluding hydrogens is 281 g/mol. The summed E-state index contributed by atoms with van der Waals surface area (Å²) in [6.45, 7) is 1.75. The monoisotopic (exact) mass is 295 g/mol. The molecule has 5 nitrogen and oxygen atoms in total. The number of anilines is 2. The first kappa shape index (κ1) is 14.3. The molecule has 1 aromatic heterocycles. The van der Waals surface area contributed by atoms with Crippen molar-refractivity contribution in [3.8, 4) is 0 Å². The summed E-state index contributed by atoms with van der Waals surface area (Å²) in [7, 11) is -2.35. The summed E-state index contributed by atoms with van der Waals surface area (Å²) in [5, 5.41) is 2.69. The first-order valence-corrected chi connectivity index (χ1v) is 7.34. The lowest BCUT2D eigenvalue weighted by molar-refractivity contribution is 0.598. The Labute approximate surface area is 116 Å². The Morgan fingerprint density at radius 1 is 1.25 bits per heavy atom. The summed E-state index contributed by atoms with van der Waals surface area (Å²) >= 11 is 0. The number of hydrogen-bond donors (Lipinski definition) is 2. The number of benzene rings is 1. The highest BCUT2D eigenvalue weighted by molar-refractivity contribution is 7.92. The van der Waals surface area contributed by atoms with Gasteiger partial charge < -0.3 is 5.32 Å². The van der Waals surface area contributed by atoms with Crippen LogP contribution in [0.15, 0.2) is 41.4 Å². The zero-order valence-corrected chi connectivity index (χ0v) is 11.8. The summed E-state index contributed by atoms with van der Waals surface area (Å²) < 4.78 is 40.4. The summed E-state index contributed by atoms with van der Waals surface area (Å²) in [6, 6.07) is 7.12. The molecule has 0 radical (unpaired) electrons. The minimum Gasteiger partial charge on any atom is -0.372 e. The molecule has 0 bridgehead atoms. The molecule has 7 heteroatoms. The van der Waals surface area contributed by atoms with E-state index in [0.29, 0.717) is 0 Å². The van der Waals surface area contributed by atoms with Gasteiger partial charge in [-0.05, 0) is 36.8 Å².